The normalized spacial score (nSPS) is 10.8. The molecule has 108 valence electrons. The zero-order valence-corrected chi connectivity index (χ0v) is 12.5. The molecule has 3 nitrogen and oxygen atoms in total. The molecule has 0 aliphatic heterocycles. The van der Waals surface area contributed by atoms with Crippen LogP contribution in [0.25, 0.3) is 6.08 Å². The largest absolute Gasteiger partial charge is 0.487 e. The van der Waals surface area contributed by atoms with Gasteiger partial charge in [-0.15, -0.1) is 0 Å². The molecule has 5 heteroatoms. The Morgan fingerprint density at radius 1 is 1.24 bits per heavy atom. The lowest BCUT2D eigenvalue weighted by Gasteiger charge is -2.11. The lowest BCUT2D eigenvalue weighted by Crippen LogP contribution is -1.98. The van der Waals surface area contributed by atoms with Gasteiger partial charge in [-0.05, 0) is 45.8 Å². The number of carboxylic acids is 1. The summed E-state index contributed by atoms with van der Waals surface area (Å²) >= 11 is 3.37. The molecule has 0 atom stereocenters. The van der Waals surface area contributed by atoms with Crippen molar-refractivity contribution in [2.24, 2.45) is 0 Å². The maximum absolute atomic E-state index is 12.8. The summed E-state index contributed by atoms with van der Waals surface area (Å²) < 4.78 is 19.3. The molecule has 0 aliphatic carbocycles. The average Bonchev–Trinajstić information content (AvgIpc) is 2.46. The Labute approximate surface area is 129 Å². The number of aliphatic carboxylic acids is 1. The van der Waals surface area contributed by atoms with Crippen LogP contribution < -0.4 is 4.74 Å². The van der Waals surface area contributed by atoms with E-state index in [-0.39, 0.29) is 12.4 Å². The number of ether oxygens (including phenoxy) is 1. The van der Waals surface area contributed by atoms with Crippen molar-refractivity contribution in [1.82, 2.24) is 0 Å². The van der Waals surface area contributed by atoms with Crippen LogP contribution in [0.15, 0.2) is 53.0 Å². The maximum atomic E-state index is 12.8. The van der Waals surface area contributed by atoms with E-state index >= 15 is 0 Å². The number of carbonyl (C=O) groups is 1. The van der Waals surface area contributed by atoms with Gasteiger partial charge in [-0.25, -0.2) is 9.18 Å². The van der Waals surface area contributed by atoms with Gasteiger partial charge < -0.3 is 9.84 Å². The van der Waals surface area contributed by atoms with Crippen LogP contribution in [0.2, 0.25) is 0 Å². The third kappa shape index (κ3) is 4.43. The smallest absolute Gasteiger partial charge is 0.328 e. The molecule has 0 spiro atoms. The monoisotopic (exact) mass is 350 g/mol. The minimum absolute atomic E-state index is 0.261. The number of hydrogen-bond donors (Lipinski definition) is 1. The lowest BCUT2D eigenvalue weighted by atomic mass is 10.2. The van der Waals surface area contributed by atoms with Gasteiger partial charge in [0.25, 0.3) is 0 Å². The van der Waals surface area contributed by atoms with Gasteiger partial charge in [0.05, 0.1) is 4.47 Å². The summed E-state index contributed by atoms with van der Waals surface area (Å²) in [5, 5.41) is 8.69. The van der Waals surface area contributed by atoms with Crippen LogP contribution in [0.4, 0.5) is 4.39 Å². The Morgan fingerprint density at radius 3 is 2.62 bits per heavy atom. The summed E-state index contributed by atoms with van der Waals surface area (Å²) in [6, 6.07) is 11.4. The van der Waals surface area contributed by atoms with Crippen LogP contribution >= 0.6 is 15.9 Å². The molecule has 0 saturated carbocycles. The van der Waals surface area contributed by atoms with Crippen molar-refractivity contribution in [3.05, 3.63) is 70.0 Å². The summed E-state index contributed by atoms with van der Waals surface area (Å²) in [5.74, 6) is -0.788. The van der Waals surface area contributed by atoms with Gasteiger partial charge in [0.1, 0.15) is 18.2 Å². The topological polar surface area (TPSA) is 46.5 Å². The van der Waals surface area contributed by atoms with E-state index in [2.05, 4.69) is 15.9 Å². The van der Waals surface area contributed by atoms with E-state index in [9.17, 15) is 9.18 Å². The van der Waals surface area contributed by atoms with Gasteiger partial charge in [0, 0.05) is 11.6 Å². The van der Waals surface area contributed by atoms with Crippen LogP contribution in [0.1, 0.15) is 11.1 Å². The zero-order chi connectivity index (χ0) is 15.2. The van der Waals surface area contributed by atoms with Crippen LogP contribution in [-0.4, -0.2) is 11.1 Å². The highest BCUT2D eigenvalue weighted by atomic mass is 79.9. The van der Waals surface area contributed by atoms with Crippen molar-refractivity contribution in [1.29, 1.82) is 0 Å². The molecule has 0 unspecified atom stereocenters. The SMILES string of the molecule is O=C(O)C=Cc1cccc(Br)c1OCc1ccc(F)cc1. The summed E-state index contributed by atoms with van der Waals surface area (Å²) in [6.07, 6.45) is 2.51. The summed E-state index contributed by atoms with van der Waals surface area (Å²) in [7, 11) is 0. The number of benzene rings is 2. The predicted octanol–water partition coefficient (Wildman–Crippen LogP) is 4.27. The first kappa shape index (κ1) is 15.3. The van der Waals surface area contributed by atoms with E-state index in [0.29, 0.717) is 11.3 Å². The van der Waals surface area contributed by atoms with E-state index in [1.165, 1.54) is 18.2 Å². The third-order valence-corrected chi connectivity index (χ3v) is 3.32. The minimum Gasteiger partial charge on any atom is -0.487 e. The van der Waals surface area contributed by atoms with Crippen molar-refractivity contribution >= 4 is 28.0 Å². The molecule has 2 aromatic rings. The molecule has 2 rings (SSSR count). The maximum Gasteiger partial charge on any atom is 0.328 e. The fourth-order valence-corrected chi connectivity index (χ4v) is 2.20. The molecular weight excluding hydrogens is 339 g/mol. The number of halogens is 2. The molecular formula is C16H12BrFO3. The van der Waals surface area contributed by atoms with Gasteiger partial charge in [0.15, 0.2) is 0 Å². The molecule has 0 aromatic heterocycles. The highest BCUT2D eigenvalue weighted by molar-refractivity contribution is 9.10. The van der Waals surface area contributed by atoms with Gasteiger partial charge in [-0.2, -0.15) is 0 Å². The van der Waals surface area contributed by atoms with Gasteiger partial charge in [0.2, 0.25) is 0 Å². The van der Waals surface area contributed by atoms with E-state index < -0.39 is 5.97 Å². The number of rotatable bonds is 5. The minimum atomic E-state index is -1.03. The molecule has 0 bridgehead atoms. The summed E-state index contributed by atoms with van der Waals surface area (Å²) in [6.45, 7) is 0.261. The van der Waals surface area contributed by atoms with Gasteiger partial charge >= 0.3 is 5.97 Å². The average molecular weight is 351 g/mol. The van der Waals surface area contributed by atoms with Crippen molar-refractivity contribution in [2.45, 2.75) is 6.61 Å². The Kier molecular flexibility index (Phi) is 5.11. The molecule has 0 heterocycles. The number of carboxylic acid groups (broad SMARTS) is 1. The standard InChI is InChI=1S/C16H12BrFO3/c17-14-3-1-2-12(6-9-15(19)20)16(14)21-10-11-4-7-13(18)8-5-11/h1-9H,10H2,(H,19,20). The number of para-hydroxylation sites is 1. The molecule has 1 N–H and O–H groups in total. The summed E-state index contributed by atoms with van der Waals surface area (Å²) in [5.41, 5.74) is 1.47. The third-order valence-electron chi connectivity index (χ3n) is 2.70. The molecule has 0 fully saturated rings. The van der Waals surface area contributed by atoms with Crippen molar-refractivity contribution in [3.63, 3.8) is 0 Å². The van der Waals surface area contributed by atoms with E-state index in [1.807, 2.05) is 0 Å². The first-order chi connectivity index (χ1) is 10.1. The second-order valence-corrected chi connectivity index (χ2v) is 5.10. The fraction of sp³-hybridized carbons (Fsp3) is 0.0625. The predicted molar refractivity (Wildman–Crippen MR) is 81.5 cm³/mol. The highest BCUT2D eigenvalue weighted by Gasteiger charge is 2.07. The fourth-order valence-electron chi connectivity index (χ4n) is 1.71. The first-order valence-electron chi connectivity index (χ1n) is 6.13. The Balaban J connectivity index is 2.18. The quantitative estimate of drug-likeness (QED) is 0.819. The van der Waals surface area contributed by atoms with Crippen molar-refractivity contribution in [3.8, 4) is 5.75 Å². The van der Waals surface area contributed by atoms with Crippen LogP contribution in [0, 0.1) is 5.82 Å². The lowest BCUT2D eigenvalue weighted by molar-refractivity contribution is -0.131. The van der Waals surface area contributed by atoms with E-state index in [0.717, 1.165) is 16.1 Å². The molecule has 0 saturated heterocycles. The van der Waals surface area contributed by atoms with Crippen LogP contribution in [0.5, 0.6) is 5.75 Å². The molecule has 0 aliphatic rings. The molecule has 0 amide bonds. The van der Waals surface area contributed by atoms with Gasteiger partial charge in [-0.1, -0.05) is 24.3 Å². The van der Waals surface area contributed by atoms with Crippen molar-refractivity contribution in [2.75, 3.05) is 0 Å². The highest BCUT2D eigenvalue weighted by Crippen LogP contribution is 2.30. The van der Waals surface area contributed by atoms with Crippen LogP contribution in [0.3, 0.4) is 0 Å². The molecule has 0 radical (unpaired) electrons. The second-order valence-electron chi connectivity index (χ2n) is 4.24. The first-order valence-corrected chi connectivity index (χ1v) is 6.92. The molecule has 2 aromatic carbocycles. The van der Waals surface area contributed by atoms with E-state index in [4.69, 9.17) is 9.84 Å². The van der Waals surface area contributed by atoms with Crippen molar-refractivity contribution < 1.29 is 19.0 Å². The molecule has 21 heavy (non-hydrogen) atoms. The van der Waals surface area contributed by atoms with Crippen LogP contribution in [-0.2, 0) is 11.4 Å². The zero-order valence-electron chi connectivity index (χ0n) is 10.9. The Bertz CT molecular complexity index is 666. The Morgan fingerprint density at radius 2 is 1.95 bits per heavy atom. The summed E-state index contributed by atoms with van der Waals surface area (Å²) in [4.78, 5) is 10.6. The van der Waals surface area contributed by atoms with E-state index in [1.54, 1.807) is 30.3 Å². The Hall–Kier alpha value is -2.14. The second kappa shape index (κ2) is 7.04. The van der Waals surface area contributed by atoms with Gasteiger partial charge in [-0.3, -0.25) is 0 Å². The number of hydrogen-bond acceptors (Lipinski definition) is 2.